The summed E-state index contributed by atoms with van der Waals surface area (Å²) in [5.74, 6) is 0.430. The molecule has 0 radical (unpaired) electrons. The lowest BCUT2D eigenvalue weighted by Gasteiger charge is -2.32. The van der Waals surface area contributed by atoms with Crippen molar-refractivity contribution >= 4 is 29.9 Å². The fourth-order valence-corrected chi connectivity index (χ4v) is 3.81. The summed E-state index contributed by atoms with van der Waals surface area (Å²) in [6.45, 7) is 5.64. The van der Waals surface area contributed by atoms with E-state index >= 15 is 0 Å². The monoisotopic (exact) mass is 434 g/mol. The van der Waals surface area contributed by atoms with Gasteiger partial charge in [0.25, 0.3) is 11.8 Å². The molecular formula is C21H27ClN4O4. The van der Waals surface area contributed by atoms with Gasteiger partial charge in [0.05, 0.1) is 6.26 Å². The number of amides is 2. The molecule has 0 saturated carbocycles. The number of likely N-dealkylation sites (tertiary alicyclic amines) is 1. The number of halogens is 1. The van der Waals surface area contributed by atoms with E-state index in [0.717, 1.165) is 45.7 Å². The second kappa shape index (κ2) is 10.5. The van der Waals surface area contributed by atoms with Gasteiger partial charge in [0, 0.05) is 57.1 Å². The Labute approximate surface area is 181 Å². The summed E-state index contributed by atoms with van der Waals surface area (Å²) in [7, 11) is 0. The number of benzene rings is 1. The van der Waals surface area contributed by atoms with E-state index in [4.69, 9.17) is 9.15 Å². The molecule has 1 aromatic heterocycles. The molecular weight excluding hydrogens is 408 g/mol. The Balaban J connectivity index is 0.00000256. The number of piperazine rings is 1. The van der Waals surface area contributed by atoms with Gasteiger partial charge in [-0.1, -0.05) is 6.07 Å². The number of rotatable bonds is 6. The highest BCUT2D eigenvalue weighted by Gasteiger charge is 2.30. The van der Waals surface area contributed by atoms with E-state index in [9.17, 15) is 9.59 Å². The fraction of sp³-hybridized carbons (Fsp3) is 0.429. The van der Waals surface area contributed by atoms with Crippen LogP contribution in [0.5, 0.6) is 5.75 Å². The highest BCUT2D eigenvalue weighted by molar-refractivity contribution is 6.02. The maximum absolute atomic E-state index is 12.6. The van der Waals surface area contributed by atoms with Crippen LogP contribution in [-0.2, 0) is 4.79 Å². The maximum Gasteiger partial charge on any atom is 0.291 e. The number of nitrogens with one attached hydrogen (secondary N) is 2. The Kier molecular flexibility index (Phi) is 7.73. The minimum Gasteiger partial charge on any atom is -0.484 e. The summed E-state index contributed by atoms with van der Waals surface area (Å²) >= 11 is 0. The molecule has 1 aromatic carbocycles. The van der Waals surface area contributed by atoms with Crippen molar-refractivity contribution in [2.24, 2.45) is 0 Å². The number of nitrogens with zero attached hydrogens (tertiary/aromatic N) is 2. The summed E-state index contributed by atoms with van der Waals surface area (Å²) in [4.78, 5) is 29.0. The molecule has 2 amide bonds. The first kappa shape index (κ1) is 22.1. The highest BCUT2D eigenvalue weighted by Crippen LogP contribution is 2.20. The molecule has 1 unspecified atom stereocenters. The molecule has 8 nitrogen and oxygen atoms in total. The topological polar surface area (TPSA) is 87.0 Å². The SMILES string of the molecule is Cl.O=C(Nc1cccc(OCC(=O)N2CCC(N3CCNCC3)C2)c1)c1ccco1. The lowest BCUT2D eigenvalue weighted by molar-refractivity contribution is -0.132. The Hall–Kier alpha value is -2.55. The van der Waals surface area contributed by atoms with Gasteiger partial charge in [-0.05, 0) is 30.7 Å². The lowest BCUT2D eigenvalue weighted by atomic mass is 10.2. The zero-order valence-corrected chi connectivity index (χ0v) is 17.5. The predicted octanol–water partition coefficient (Wildman–Crippen LogP) is 1.84. The van der Waals surface area contributed by atoms with Crippen molar-refractivity contribution in [2.45, 2.75) is 12.5 Å². The second-order valence-corrected chi connectivity index (χ2v) is 7.32. The van der Waals surface area contributed by atoms with Crippen LogP contribution in [0.3, 0.4) is 0 Å². The molecule has 2 N–H and O–H groups in total. The molecule has 30 heavy (non-hydrogen) atoms. The van der Waals surface area contributed by atoms with Crippen molar-refractivity contribution < 1.29 is 18.7 Å². The number of carbonyl (C=O) groups is 2. The summed E-state index contributed by atoms with van der Waals surface area (Å²) in [5.41, 5.74) is 0.580. The van der Waals surface area contributed by atoms with Crippen LogP contribution < -0.4 is 15.4 Å². The third-order valence-electron chi connectivity index (χ3n) is 5.38. The summed E-state index contributed by atoms with van der Waals surface area (Å²) < 4.78 is 10.8. The quantitative estimate of drug-likeness (QED) is 0.721. The first-order valence-electron chi connectivity index (χ1n) is 9.99. The molecule has 9 heteroatoms. The Morgan fingerprint density at radius 3 is 2.77 bits per heavy atom. The zero-order valence-electron chi connectivity index (χ0n) is 16.7. The molecule has 4 rings (SSSR count). The molecule has 0 spiro atoms. The van der Waals surface area contributed by atoms with E-state index in [1.54, 1.807) is 36.4 Å². The average Bonchev–Trinajstić information content (AvgIpc) is 3.45. The van der Waals surface area contributed by atoms with E-state index in [0.29, 0.717) is 17.5 Å². The smallest absolute Gasteiger partial charge is 0.291 e. The fourth-order valence-electron chi connectivity index (χ4n) is 3.81. The van der Waals surface area contributed by atoms with E-state index in [1.807, 2.05) is 4.90 Å². The van der Waals surface area contributed by atoms with Gasteiger partial charge in [-0.15, -0.1) is 12.4 Å². The van der Waals surface area contributed by atoms with E-state index in [-0.39, 0.29) is 36.6 Å². The van der Waals surface area contributed by atoms with Crippen molar-refractivity contribution in [3.05, 3.63) is 48.4 Å². The van der Waals surface area contributed by atoms with Crippen LogP contribution in [0.15, 0.2) is 47.1 Å². The van der Waals surface area contributed by atoms with Gasteiger partial charge in [-0.3, -0.25) is 14.5 Å². The van der Waals surface area contributed by atoms with Gasteiger partial charge in [-0.2, -0.15) is 0 Å². The van der Waals surface area contributed by atoms with E-state index < -0.39 is 0 Å². The summed E-state index contributed by atoms with van der Waals surface area (Å²) in [5, 5.41) is 6.11. The number of hydrogen-bond donors (Lipinski definition) is 2. The molecule has 2 saturated heterocycles. The minimum absolute atomic E-state index is 0. The Morgan fingerprint density at radius 1 is 1.17 bits per heavy atom. The number of anilines is 1. The minimum atomic E-state index is -0.334. The first-order valence-corrected chi connectivity index (χ1v) is 9.99. The second-order valence-electron chi connectivity index (χ2n) is 7.32. The van der Waals surface area contributed by atoms with Crippen LogP contribution in [0.2, 0.25) is 0 Å². The summed E-state index contributed by atoms with van der Waals surface area (Å²) in [6, 6.07) is 10.7. The molecule has 1 atom stereocenters. The summed E-state index contributed by atoms with van der Waals surface area (Å²) in [6.07, 6.45) is 2.46. The number of ether oxygens (including phenoxy) is 1. The molecule has 3 heterocycles. The van der Waals surface area contributed by atoms with Crippen LogP contribution in [0.4, 0.5) is 5.69 Å². The van der Waals surface area contributed by atoms with Gasteiger partial charge in [0.1, 0.15) is 5.75 Å². The van der Waals surface area contributed by atoms with Gasteiger partial charge >= 0.3 is 0 Å². The number of furan rings is 1. The van der Waals surface area contributed by atoms with Gasteiger partial charge in [-0.25, -0.2) is 0 Å². The molecule has 2 aliphatic heterocycles. The van der Waals surface area contributed by atoms with Crippen LogP contribution in [0, 0.1) is 0 Å². The van der Waals surface area contributed by atoms with E-state index in [1.165, 1.54) is 6.26 Å². The van der Waals surface area contributed by atoms with Crippen molar-refractivity contribution in [2.75, 3.05) is 51.2 Å². The number of hydrogen-bond acceptors (Lipinski definition) is 6. The van der Waals surface area contributed by atoms with Crippen LogP contribution in [0.25, 0.3) is 0 Å². The molecule has 2 aliphatic rings. The van der Waals surface area contributed by atoms with Gasteiger partial charge in [0.2, 0.25) is 0 Å². The third-order valence-corrected chi connectivity index (χ3v) is 5.38. The number of carbonyl (C=O) groups excluding carboxylic acids is 2. The Bertz CT molecular complexity index is 839. The van der Waals surface area contributed by atoms with Crippen molar-refractivity contribution in [1.29, 1.82) is 0 Å². The maximum atomic E-state index is 12.6. The molecule has 0 bridgehead atoms. The normalized spacial score (nSPS) is 19.2. The van der Waals surface area contributed by atoms with Gasteiger partial charge in [0.15, 0.2) is 12.4 Å². The highest BCUT2D eigenvalue weighted by atomic mass is 35.5. The van der Waals surface area contributed by atoms with Crippen LogP contribution in [-0.4, -0.2) is 73.5 Å². The average molecular weight is 435 g/mol. The van der Waals surface area contributed by atoms with E-state index in [2.05, 4.69) is 15.5 Å². The largest absolute Gasteiger partial charge is 0.484 e. The third kappa shape index (κ3) is 5.53. The zero-order chi connectivity index (χ0) is 20.1. The van der Waals surface area contributed by atoms with Crippen LogP contribution >= 0.6 is 12.4 Å². The van der Waals surface area contributed by atoms with Crippen molar-refractivity contribution in [1.82, 2.24) is 15.1 Å². The predicted molar refractivity (Wildman–Crippen MR) is 115 cm³/mol. The Morgan fingerprint density at radius 2 is 2.00 bits per heavy atom. The first-order chi connectivity index (χ1) is 14.2. The molecule has 162 valence electrons. The molecule has 2 aromatic rings. The molecule has 0 aliphatic carbocycles. The molecule has 2 fully saturated rings. The van der Waals surface area contributed by atoms with Crippen molar-refractivity contribution in [3.63, 3.8) is 0 Å². The van der Waals surface area contributed by atoms with Crippen LogP contribution in [0.1, 0.15) is 17.0 Å². The van der Waals surface area contributed by atoms with Gasteiger partial charge < -0.3 is 24.7 Å². The lowest BCUT2D eigenvalue weighted by Crippen LogP contribution is -2.49. The standard InChI is InChI=1S/C21H26N4O4.ClH/c26-20(25-9-6-17(14-25)24-10-7-22-8-11-24)15-29-18-4-1-3-16(13-18)23-21(27)19-5-2-12-28-19;/h1-5,12-13,17,22H,6-11,14-15H2,(H,23,27);1H. The van der Waals surface area contributed by atoms with Crippen molar-refractivity contribution in [3.8, 4) is 5.75 Å².